The second-order valence-electron chi connectivity index (χ2n) is 9.44. The number of aromatic nitrogens is 5. The van der Waals surface area contributed by atoms with Crippen LogP contribution in [-0.2, 0) is 0 Å². The van der Waals surface area contributed by atoms with Crippen molar-refractivity contribution in [1.29, 1.82) is 0 Å². The summed E-state index contributed by atoms with van der Waals surface area (Å²) >= 11 is 0. The smallest absolute Gasteiger partial charge is 0.159 e. The molecule has 0 saturated heterocycles. The molecule has 5 nitrogen and oxygen atoms in total. The molecule has 8 rings (SSSR count). The molecule has 8 aromatic rings. The molecule has 5 heteroatoms. The van der Waals surface area contributed by atoms with E-state index in [-0.39, 0.29) is 0 Å². The lowest BCUT2D eigenvalue weighted by Crippen LogP contribution is -1.96. The number of hydrogen-bond acceptors (Lipinski definition) is 3. The number of pyridine rings is 1. The summed E-state index contributed by atoms with van der Waals surface area (Å²) in [7, 11) is 0. The molecule has 4 heterocycles. The summed E-state index contributed by atoms with van der Waals surface area (Å²) in [4.78, 5) is 13.6. The average Bonchev–Trinajstić information content (AvgIpc) is 3.57. The van der Waals surface area contributed by atoms with E-state index in [9.17, 15) is 0 Å². The SMILES string of the molecule is c1ccc(-n2ccc3c4c5ccccc5n(-c5cccc(-c6ncc7cnccc7n6)c5)c4ccc32)cc1. The van der Waals surface area contributed by atoms with Gasteiger partial charge in [0.1, 0.15) is 0 Å². The molecule has 178 valence electrons. The zero-order valence-electron chi connectivity index (χ0n) is 20.4. The van der Waals surface area contributed by atoms with Crippen molar-refractivity contribution in [2.45, 2.75) is 0 Å². The summed E-state index contributed by atoms with van der Waals surface area (Å²) in [5.74, 6) is 0.702. The van der Waals surface area contributed by atoms with Gasteiger partial charge in [-0.1, -0.05) is 48.5 Å². The summed E-state index contributed by atoms with van der Waals surface area (Å²) in [6.45, 7) is 0. The van der Waals surface area contributed by atoms with Gasteiger partial charge in [0.15, 0.2) is 5.82 Å². The number of benzene rings is 4. The highest BCUT2D eigenvalue weighted by Crippen LogP contribution is 2.38. The third-order valence-corrected chi connectivity index (χ3v) is 7.28. The Morgan fingerprint density at radius 2 is 1.42 bits per heavy atom. The van der Waals surface area contributed by atoms with Gasteiger partial charge in [-0.25, -0.2) is 9.97 Å². The number of para-hydroxylation sites is 2. The lowest BCUT2D eigenvalue weighted by molar-refractivity contribution is 1.13. The standard InChI is InChI=1S/C33H21N5/c1-2-8-24(9-3-1)37-18-16-27-29(37)13-14-31-32(27)26-11-4-5-12-30(26)38(31)25-10-6-7-22(19-25)33-35-21-23-20-34-17-15-28(23)36-33/h1-21H. The Morgan fingerprint density at radius 1 is 0.605 bits per heavy atom. The molecule has 0 aliphatic carbocycles. The predicted molar refractivity (Wildman–Crippen MR) is 154 cm³/mol. The van der Waals surface area contributed by atoms with Crippen LogP contribution in [0.1, 0.15) is 0 Å². The van der Waals surface area contributed by atoms with Crippen LogP contribution in [0.3, 0.4) is 0 Å². The summed E-state index contributed by atoms with van der Waals surface area (Å²) in [5, 5.41) is 4.66. The van der Waals surface area contributed by atoms with E-state index >= 15 is 0 Å². The second kappa shape index (κ2) is 8.11. The first-order valence-electron chi connectivity index (χ1n) is 12.6. The van der Waals surface area contributed by atoms with Gasteiger partial charge < -0.3 is 9.13 Å². The van der Waals surface area contributed by atoms with Crippen LogP contribution in [0, 0.1) is 0 Å². The minimum atomic E-state index is 0.702. The van der Waals surface area contributed by atoms with Crippen molar-refractivity contribution in [3.05, 3.63) is 128 Å². The van der Waals surface area contributed by atoms with Crippen molar-refractivity contribution in [3.63, 3.8) is 0 Å². The monoisotopic (exact) mass is 487 g/mol. The van der Waals surface area contributed by atoms with E-state index in [0.29, 0.717) is 5.82 Å². The van der Waals surface area contributed by atoms with Gasteiger partial charge >= 0.3 is 0 Å². The highest BCUT2D eigenvalue weighted by atomic mass is 15.0. The molecule has 0 unspecified atom stereocenters. The van der Waals surface area contributed by atoms with Crippen molar-refractivity contribution < 1.29 is 0 Å². The van der Waals surface area contributed by atoms with Gasteiger partial charge in [-0.3, -0.25) is 4.98 Å². The Kier molecular flexibility index (Phi) is 4.45. The maximum absolute atomic E-state index is 4.80. The summed E-state index contributed by atoms with van der Waals surface area (Å²) in [5.41, 5.74) is 7.64. The van der Waals surface area contributed by atoms with Crippen LogP contribution in [0.2, 0.25) is 0 Å². The first kappa shape index (κ1) is 20.9. The van der Waals surface area contributed by atoms with Gasteiger partial charge in [0.05, 0.1) is 22.1 Å². The van der Waals surface area contributed by atoms with Gasteiger partial charge in [-0.2, -0.15) is 0 Å². The molecule has 0 aliphatic heterocycles. The fourth-order valence-corrected chi connectivity index (χ4v) is 5.57. The lowest BCUT2D eigenvalue weighted by Gasteiger charge is -2.10. The molecular weight excluding hydrogens is 466 g/mol. The number of nitrogens with zero attached hydrogens (tertiary/aromatic N) is 5. The fraction of sp³-hybridized carbons (Fsp3) is 0. The van der Waals surface area contributed by atoms with E-state index in [1.165, 1.54) is 32.7 Å². The van der Waals surface area contributed by atoms with Gasteiger partial charge in [-0.15, -0.1) is 0 Å². The van der Waals surface area contributed by atoms with Crippen LogP contribution in [0.4, 0.5) is 0 Å². The van der Waals surface area contributed by atoms with Gasteiger partial charge in [-0.05, 0) is 54.6 Å². The van der Waals surface area contributed by atoms with Crippen LogP contribution in [0.5, 0.6) is 0 Å². The average molecular weight is 488 g/mol. The van der Waals surface area contributed by atoms with Crippen molar-refractivity contribution in [2.75, 3.05) is 0 Å². The fourth-order valence-electron chi connectivity index (χ4n) is 5.57. The number of fused-ring (bicyclic) bond motifs is 6. The van der Waals surface area contributed by atoms with E-state index in [4.69, 9.17) is 4.98 Å². The molecule has 0 bridgehead atoms. The highest BCUT2D eigenvalue weighted by molar-refractivity contribution is 6.21. The summed E-state index contributed by atoms with van der Waals surface area (Å²) in [6.07, 6.45) is 7.56. The van der Waals surface area contributed by atoms with E-state index in [2.05, 4.69) is 122 Å². The Balaban J connectivity index is 1.36. The Bertz CT molecular complexity index is 2140. The van der Waals surface area contributed by atoms with Crippen molar-refractivity contribution >= 4 is 43.6 Å². The second-order valence-corrected chi connectivity index (χ2v) is 9.44. The van der Waals surface area contributed by atoms with Crippen molar-refractivity contribution in [2.24, 2.45) is 0 Å². The Labute approximate surface area is 218 Å². The first-order chi connectivity index (χ1) is 18.8. The molecule has 38 heavy (non-hydrogen) atoms. The third kappa shape index (κ3) is 3.09. The summed E-state index contributed by atoms with van der Waals surface area (Å²) < 4.78 is 4.60. The number of rotatable bonds is 3. The van der Waals surface area contributed by atoms with Crippen LogP contribution in [0.25, 0.3) is 66.4 Å². The van der Waals surface area contributed by atoms with E-state index in [1.807, 2.05) is 12.3 Å². The molecule has 0 saturated carbocycles. The molecule has 0 aliphatic rings. The minimum absolute atomic E-state index is 0.702. The third-order valence-electron chi connectivity index (χ3n) is 7.28. The maximum Gasteiger partial charge on any atom is 0.159 e. The molecule has 0 atom stereocenters. The van der Waals surface area contributed by atoms with E-state index in [0.717, 1.165) is 27.8 Å². The van der Waals surface area contributed by atoms with E-state index < -0.39 is 0 Å². The van der Waals surface area contributed by atoms with Crippen LogP contribution >= 0.6 is 0 Å². The zero-order valence-corrected chi connectivity index (χ0v) is 20.4. The maximum atomic E-state index is 4.80. The molecular formula is C33H21N5. The molecule has 4 aromatic carbocycles. The molecule has 4 aromatic heterocycles. The first-order valence-corrected chi connectivity index (χ1v) is 12.6. The lowest BCUT2D eigenvalue weighted by atomic mass is 10.1. The Morgan fingerprint density at radius 3 is 2.37 bits per heavy atom. The van der Waals surface area contributed by atoms with Gasteiger partial charge in [0.25, 0.3) is 0 Å². The molecule has 0 amide bonds. The topological polar surface area (TPSA) is 48.5 Å². The largest absolute Gasteiger partial charge is 0.317 e. The highest BCUT2D eigenvalue weighted by Gasteiger charge is 2.17. The zero-order chi connectivity index (χ0) is 25.1. The quantitative estimate of drug-likeness (QED) is 0.256. The van der Waals surface area contributed by atoms with Gasteiger partial charge in [0.2, 0.25) is 0 Å². The van der Waals surface area contributed by atoms with Crippen LogP contribution in [-0.4, -0.2) is 24.1 Å². The van der Waals surface area contributed by atoms with Crippen LogP contribution in [0.15, 0.2) is 128 Å². The van der Waals surface area contributed by atoms with Crippen molar-refractivity contribution in [3.8, 4) is 22.8 Å². The summed E-state index contributed by atoms with van der Waals surface area (Å²) in [6, 6.07) is 36.2. The van der Waals surface area contributed by atoms with E-state index in [1.54, 1.807) is 12.4 Å². The van der Waals surface area contributed by atoms with Crippen molar-refractivity contribution in [1.82, 2.24) is 24.1 Å². The number of hydrogen-bond donors (Lipinski definition) is 0. The van der Waals surface area contributed by atoms with Crippen LogP contribution < -0.4 is 0 Å². The molecule has 0 radical (unpaired) electrons. The van der Waals surface area contributed by atoms with Gasteiger partial charge in [0, 0.05) is 63.3 Å². The molecule has 0 spiro atoms. The Hall–Kier alpha value is -5.29. The minimum Gasteiger partial charge on any atom is -0.317 e. The normalized spacial score (nSPS) is 11.7. The molecule has 0 fully saturated rings. The predicted octanol–water partition coefficient (Wildman–Crippen LogP) is 7.73. The molecule has 0 N–H and O–H groups in total.